The zero-order valence-electron chi connectivity index (χ0n) is 14.7. The Kier molecular flexibility index (Phi) is 5.11. The number of nitrogens with one attached hydrogen (secondary N) is 1. The van der Waals surface area contributed by atoms with Crippen LogP contribution >= 0.6 is 0 Å². The second-order valence-corrected chi connectivity index (χ2v) is 6.19. The number of amides is 1. The molecule has 1 aromatic carbocycles. The third-order valence-electron chi connectivity index (χ3n) is 4.36. The average Bonchev–Trinajstić information content (AvgIpc) is 3.10. The largest absolute Gasteiger partial charge is 0.466 e. The van der Waals surface area contributed by atoms with Gasteiger partial charge in [0, 0.05) is 31.1 Å². The highest BCUT2D eigenvalue weighted by atomic mass is 16.5. The van der Waals surface area contributed by atoms with Gasteiger partial charge in [0.15, 0.2) is 0 Å². The van der Waals surface area contributed by atoms with Gasteiger partial charge in [0.25, 0.3) is 0 Å². The van der Waals surface area contributed by atoms with Gasteiger partial charge in [-0.25, -0.2) is 9.89 Å². The van der Waals surface area contributed by atoms with Crippen LogP contribution in [0.2, 0.25) is 0 Å². The molecular formula is C18H20N4O4. The number of benzene rings is 1. The van der Waals surface area contributed by atoms with Gasteiger partial charge in [-0.1, -0.05) is 6.07 Å². The van der Waals surface area contributed by atoms with E-state index in [1.54, 1.807) is 18.9 Å². The Morgan fingerprint density at radius 3 is 2.58 bits per heavy atom. The Morgan fingerprint density at radius 1 is 1.15 bits per heavy atom. The summed E-state index contributed by atoms with van der Waals surface area (Å²) in [6, 6.07) is 5.81. The molecule has 0 unspecified atom stereocenters. The summed E-state index contributed by atoms with van der Waals surface area (Å²) < 4.78 is 4.51. The standard InChI is InChI=1S/C14H14N4O2.C4H6O2/c1-8-13(16-17-14(20)15-8)10-3-5-11-9(7-10)4-6-12(19)18(11)2;5-4-2-1-3-6-4/h3,5,7H,4,6H2,1-2H3,(H,15,17,20);1-3H2. The van der Waals surface area contributed by atoms with Gasteiger partial charge in [-0.3, -0.25) is 9.59 Å². The summed E-state index contributed by atoms with van der Waals surface area (Å²) >= 11 is 0. The first-order valence-corrected chi connectivity index (χ1v) is 8.44. The minimum absolute atomic E-state index is 0.0463. The first kappa shape index (κ1) is 17.8. The van der Waals surface area contributed by atoms with Gasteiger partial charge in [0.2, 0.25) is 5.91 Å². The van der Waals surface area contributed by atoms with Crippen LogP contribution in [-0.4, -0.2) is 40.7 Å². The minimum atomic E-state index is -0.449. The van der Waals surface area contributed by atoms with Gasteiger partial charge in [-0.05, 0) is 37.5 Å². The lowest BCUT2D eigenvalue weighted by Gasteiger charge is -2.26. The average molecular weight is 356 g/mol. The maximum Gasteiger partial charge on any atom is 0.361 e. The molecule has 0 saturated carbocycles. The molecule has 8 nitrogen and oxygen atoms in total. The number of aryl methyl sites for hydroxylation is 2. The highest BCUT2D eigenvalue weighted by Crippen LogP contribution is 2.30. The summed E-state index contributed by atoms with van der Waals surface area (Å²) in [4.78, 5) is 38.3. The highest BCUT2D eigenvalue weighted by Gasteiger charge is 2.21. The first-order chi connectivity index (χ1) is 12.5. The molecule has 4 rings (SSSR count). The minimum Gasteiger partial charge on any atom is -0.466 e. The summed E-state index contributed by atoms with van der Waals surface area (Å²) in [6.45, 7) is 2.39. The Balaban J connectivity index is 0.000000278. The van der Waals surface area contributed by atoms with Crippen LogP contribution in [0, 0.1) is 6.92 Å². The number of ether oxygens (including phenoxy) is 1. The van der Waals surface area contributed by atoms with Crippen LogP contribution in [0.1, 0.15) is 30.5 Å². The van der Waals surface area contributed by atoms with Crippen LogP contribution in [0.5, 0.6) is 0 Å². The van der Waals surface area contributed by atoms with Gasteiger partial charge >= 0.3 is 11.7 Å². The van der Waals surface area contributed by atoms with Crippen molar-refractivity contribution in [3.8, 4) is 11.3 Å². The zero-order chi connectivity index (χ0) is 18.7. The summed E-state index contributed by atoms with van der Waals surface area (Å²) in [5, 5.41) is 6.40. The molecule has 0 radical (unpaired) electrons. The number of H-pyrrole nitrogens is 1. The van der Waals surface area contributed by atoms with E-state index >= 15 is 0 Å². The van der Waals surface area contributed by atoms with Crippen molar-refractivity contribution in [2.24, 2.45) is 0 Å². The Morgan fingerprint density at radius 2 is 1.96 bits per heavy atom. The maximum absolute atomic E-state index is 11.7. The van der Waals surface area contributed by atoms with Crippen LogP contribution in [0.3, 0.4) is 0 Å². The molecule has 0 atom stereocenters. The summed E-state index contributed by atoms with van der Waals surface area (Å²) in [5.74, 6) is 0.0836. The number of hydrogen-bond acceptors (Lipinski definition) is 6. The molecule has 1 aromatic heterocycles. The van der Waals surface area contributed by atoms with E-state index in [1.807, 2.05) is 18.2 Å². The number of nitrogens with zero attached hydrogens (tertiary/aromatic N) is 3. The number of rotatable bonds is 1. The number of fused-ring (bicyclic) bond motifs is 1. The van der Waals surface area contributed by atoms with Gasteiger partial charge in [-0.15, -0.1) is 0 Å². The topological polar surface area (TPSA) is 105 Å². The third-order valence-corrected chi connectivity index (χ3v) is 4.36. The molecule has 2 aliphatic rings. The number of cyclic esters (lactones) is 1. The van der Waals surface area contributed by atoms with E-state index in [1.165, 1.54) is 0 Å². The lowest BCUT2D eigenvalue weighted by Crippen LogP contribution is -2.31. The fraction of sp³-hybridized carbons (Fsp3) is 0.389. The SMILES string of the molecule is Cc1nc(=O)[nH]nc1-c1ccc2c(c1)CCC(=O)N2C.O=C1CCCO1. The number of esters is 1. The second kappa shape index (κ2) is 7.47. The first-order valence-electron chi connectivity index (χ1n) is 8.44. The van der Waals surface area contributed by atoms with E-state index in [0.717, 1.165) is 29.7 Å². The van der Waals surface area contributed by atoms with Gasteiger partial charge in [0.05, 0.1) is 12.3 Å². The molecule has 0 aliphatic carbocycles. The molecule has 1 fully saturated rings. The number of aromatic amines is 1. The van der Waals surface area contributed by atoms with Crippen LogP contribution in [0.4, 0.5) is 5.69 Å². The van der Waals surface area contributed by atoms with E-state index in [4.69, 9.17) is 0 Å². The highest BCUT2D eigenvalue weighted by molar-refractivity contribution is 5.96. The molecule has 2 aliphatic heterocycles. The number of carbonyl (C=O) groups is 2. The van der Waals surface area contributed by atoms with Gasteiger partial charge in [-0.2, -0.15) is 10.1 Å². The molecule has 8 heteroatoms. The number of anilines is 1. The molecule has 1 amide bonds. The third kappa shape index (κ3) is 3.79. The number of carbonyl (C=O) groups excluding carboxylic acids is 2. The molecule has 26 heavy (non-hydrogen) atoms. The van der Waals surface area contributed by atoms with Gasteiger partial charge < -0.3 is 9.64 Å². The van der Waals surface area contributed by atoms with Crippen LogP contribution in [-0.2, 0) is 20.7 Å². The summed E-state index contributed by atoms with van der Waals surface area (Å²) in [7, 11) is 1.78. The van der Waals surface area contributed by atoms with E-state index in [-0.39, 0.29) is 11.9 Å². The van der Waals surface area contributed by atoms with E-state index in [9.17, 15) is 14.4 Å². The molecule has 0 bridgehead atoms. The molecule has 1 N–H and O–H groups in total. The Hall–Kier alpha value is -3.03. The predicted octanol–water partition coefficient (Wildman–Crippen LogP) is 1.37. The van der Waals surface area contributed by atoms with Crippen LogP contribution < -0.4 is 10.6 Å². The van der Waals surface area contributed by atoms with Gasteiger partial charge in [0.1, 0.15) is 5.69 Å². The van der Waals surface area contributed by atoms with Crippen molar-refractivity contribution >= 4 is 17.6 Å². The van der Waals surface area contributed by atoms with E-state index in [2.05, 4.69) is 19.9 Å². The van der Waals surface area contributed by atoms with Crippen molar-refractivity contribution in [1.29, 1.82) is 0 Å². The van der Waals surface area contributed by atoms with Crippen molar-refractivity contribution in [1.82, 2.24) is 15.2 Å². The lowest BCUT2D eigenvalue weighted by molar-refractivity contribution is -0.137. The molecule has 2 aromatic rings. The monoisotopic (exact) mass is 356 g/mol. The normalized spacial score (nSPS) is 15.8. The smallest absolute Gasteiger partial charge is 0.361 e. The number of hydrogen-bond donors (Lipinski definition) is 1. The quantitative estimate of drug-likeness (QED) is 0.774. The maximum atomic E-state index is 11.7. The van der Waals surface area contributed by atoms with Crippen molar-refractivity contribution in [2.75, 3.05) is 18.6 Å². The summed E-state index contributed by atoms with van der Waals surface area (Å²) in [6.07, 6.45) is 2.78. The Bertz CT molecular complexity index is 898. The fourth-order valence-corrected chi connectivity index (χ4v) is 2.97. The van der Waals surface area contributed by atoms with Crippen molar-refractivity contribution < 1.29 is 14.3 Å². The molecule has 1 saturated heterocycles. The van der Waals surface area contributed by atoms with Crippen molar-refractivity contribution in [3.63, 3.8) is 0 Å². The lowest BCUT2D eigenvalue weighted by atomic mass is 9.97. The van der Waals surface area contributed by atoms with Crippen LogP contribution in [0.25, 0.3) is 11.3 Å². The van der Waals surface area contributed by atoms with Crippen LogP contribution in [0.15, 0.2) is 23.0 Å². The Labute approximate surface area is 150 Å². The number of aromatic nitrogens is 3. The van der Waals surface area contributed by atoms with E-state index < -0.39 is 5.69 Å². The van der Waals surface area contributed by atoms with Crippen molar-refractivity contribution in [2.45, 2.75) is 32.6 Å². The molecule has 136 valence electrons. The predicted molar refractivity (Wildman–Crippen MR) is 94.7 cm³/mol. The fourth-order valence-electron chi connectivity index (χ4n) is 2.97. The molecular weight excluding hydrogens is 336 g/mol. The molecule has 0 spiro atoms. The van der Waals surface area contributed by atoms with Crippen molar-refractivity contribution in [3.05, 3.63) is 39.9 Å². The zero-order valence-corrected chi connectivity index (χ0v) is 14.7. The second-order valence-electron chi connectivity index (χ2n) is 6.19. The van der Waals surface area contributed by atoms with E-state index in [0.29, 0.717) is 30.8 Å². The molecule has 3 heterocycles. The summed E-state index contributed by atoms with van der Waals surface area (Å²) in [5.41, 5.74) is 3.74.